The number of nitrogens with two attached hydrogens (primary N) is 1. The maximum absolute atomic E-state index is 6.49. The van der Waals surface area contributed by atoms with Gasteiger partial charge in [0.15, 0.2) is 0 Å². The maximum Gasteiger partial charge on any atom is 0.119 e. The molecule has 0 radical (unpaired) electrons. The van der Waals surface area contributed by atoms with Gasteiger partial charge in [0.25, 0.3) is 0 Å². The van der Waals surface area contributed by atoms with Crippen LogP contribution in [0.5, 0.6) is 5.75 Å². The van der Waals surface area contributed by atoms with Crippen molar-refractivity contribution in [3.63, 3.8) is 0 Å². The van der Waals surface area contributed by atoms with Crippen LogP contribution < -0.4 is 10.5 Å². The summed E-state index contributed by atoms with van der Waals surface area (Å²) in [4.78, 5) is 0. The van der Waals surface area contributed by atoms with Gasteiger partial charge in [0.05, 0.1) is 19.3 Å². The van der Waals surface area contributed by atoms with Crippen molar-refractivity contribution < 1.29 is 14.2 Å². The number of hydrogen-bond donors (Lipinski definition) is 1. The predicted octanol–water partition coefficient (Wildman–Crippen LogP) is 2.15. The van der Waals surface area contributed by atoms with E-state index in [0.29, 0.717) is 5.92 Å². The lowest BCUT2D eigenvalue weighted by Crippen LogP contribution is -2.46. The van der Waals surface area contributed by atoms with Gasteiger partial charge in [0, 0.05) is 25.7 Å². The lowest BCUT2D eigenvalue weighted by Gasteiger charge is -2.39. The fourth-order valence-corrected chi connectivity index (χ4v) is 3.53. The van der Waals surface area contributed by atoms with Crippen LogP contribution in [0.3, 0.4) is 0 Å². The number of ether oxygens (including phenoxy) is 3. The van der Waals surface area contributed by atoms with E-state index in [0.717, 1.165) is 51.3 Å². The Morgan fingerprint density at radius 2 is 2.33 bits per heavy atom. The summed E-state index contributed by atoms with van der Waals surface area (Å²) in [6, 6.07) is 8.36. The smallest absolute Gasteiger partial charge is 0.119 e. The molecule has 0 amide bonds. The van der Waals surface area contributed by atoms with E-state index < -0.39 is 0 Å². The summed E-state index contributed by atoms with van der Waals surface area (Å²) in [6.45, 7) is 2.35. The van der Waals surface area contributed by atoms with Crippen molar-refractivity contribution in [2.75, 3.05) is 26.9 Å². The normalized spacial score (nSPS) is 30.5. The van der Waals surface area contributed by atoms with Crippen LogP contribution in [0.4, 0.5) is 0 Å². The minimum Gasteiger partial charge on any atom is -0.497 e. The molecule has 0 bridgehead atoms. The lowest BCUT2D eigenvalue weighted by molar-refractivity contribution is -0.101. The molecular weight excluding hydrogens is 266 g/mol. The molecule has 2 heterocycles. The average Bonchev–Trinajstić information content (AvgIpc) is 2.95. The Morgan fingerprint density at radius 1 is 1.43 bits per heavy atom. The molecule has 3 atom stereocenters. The zero-order valence-electron chi connectivity index (χ0n) is 12.7. The fourth-order valence-electron chi connectivity index (χ4n) is 3.53. The number of benzene rings is 1. The van der Waals surface area contributed by atoms with Crippen molar-refractivity contribution in [3.8, 4) is 5.75 Å². The largest absolute Gasteiger partial charge is 0.497 e. The molecule has 116 valence electrons. The molecule has 0 aromatic heterocycles. The summed E-state index contributed by atoms with van der Waals surface area (Å²) in [5.41, 5.74) is 7.67. The number of hydrogen-bond acceptors (Lipinski definition) is 4. The Labute approximate surface area is 126 Å². The molecule has 2 aliphatic rings. The topological polar surface area (TPSA) is 53.7 Å². The van der Waals surface area contributed by atoms with Crippen LogP contribution >= 0.6 is 0 Å². The Bertz CT molecular complexity index is 471. The van der Waals surface area contributed by atoms with E-state index >= 15 is 0 Å². The van der Waals surface area contributed by atoms with Crippen LogP contribution in [-0.2, 0) is 15.9 Å². The summed E-state index contributed by atoms with van der Waals surface area (Å²) < 4.78 is 16.8. The third-order valence-electron chi connectivity index (χ3n) is 4.81. The lowest BCUT2D eigenvalue weighted by atomic mass is 9.79. The van der Waals surface area contributed by atoms with Gasteiger partial charge in [0.2, 0.25) is 0 Å². The van der Waals surface area contributed by atoms with Gasteiger partial charge in [-0.1, -0.05) is 12.1 Å². The quantitative estimate of drug-likeness (QED) is 0.923. The molecule has 2 aliphatic heterocycles. The Balaban J connectivity index is 1.63. The van der Waals surface area contributed by atoms with Crippen molar-refractivity contribution in [3.05, 3.63) is 29.8 Å². The van der Waals surface area contributed by atoms with Crippen molar-refractivity contribution in [1.29, 1.82) is 0 Å². The van der Waals surface area contributed by atoms with Crippen LogP contribution in [-0.4, -0.2) is 38.6 Å². The van der Waals surface area contributed by atoms with Crippen LogP contribution in [0, 0.1) is 5.92 Å². The summed E-state index contributed by atoms with van der Waals surface area (Å²) in [5.74, 6) is 1.40. The average molecular weight is 291 g/mol. The van der Waals surface area contributed by atoms with Crippen molar-refractivity contribution in [2.24, 2.45) is 11.7 Å². The van der Waals surface area contributed by atoms with Crippen molar-refractivity contribution in [2.45, 2.75) is 37.3 Å². The van der Waals surface area contributed by atoms with Crippen molar-refractivity contribution >= 4 is 0 Å². The molecule has 1 aromatic rings. The minimum absolute atomic E-state index is 0.0606. The minimum atomic E-state index is -0.0606. The molecule has 21 heavy (non-hydrogen) atoms. The van der Waals surface area contributed by atoms with Gasteiger partial charge in [-0.05, 0) is 42.9 Å². The molecule has 2 N–H and O–H groups in total. The van der Waals surface area contributed by atoms with E-state index in [-0.39, 0.29) is 11.6 Å². The first-order valence-electron chi connectivity index (χ1n) is 7.81. The monoisotopic (exact) mass is 291 g/mol. The van der Waals surface area contributed by atoms with Gasteiger partial charge in [0.1, 0.15) is 5.75 Å². The zero-order valence-corrected chi connectivity index (χ0v) is 12.7. The summed E-state index contributed by atoms with van der Waals surface area (Å²) in [7, 11) is 1.70. The Hall–Kier alpha value is -1.10. The van der Waals surface area contributed by atoms with E-state index in [9.17, 15) is 0 Å². The third-order valence-corrected chi connectivity index (χ3v) is 4.81. The molecule has 3 unspecified atom stereocenters. The Morgan fingerprint density at radius 3 is 3.10 bits per heavy atom. The second-order valence-electron chi connectivity index (χ2n) is 6.31. The third kappa shape index (κ3) is 3.39. The second kappa shape index (κ2) is 6.34. The van der Waals surface area contributed by atoms with Gasteiger partial charge >= 0.3 is 0 Å². The number of rotatable bonds is 4. The van der Waals surface area contributed by atoms with E-state index in [1.165, 1.54) is 5.56 Å². The molecule has 2 fully saturated rings. The standard InChI is InChI=1S/C17H25NO3/c1-19-15-4-2-3-13(9-15)10-16(18)14-5-7-21-17(11-14)6-8-20-12-17/h2-4,9,14,16H,5-8,10-12,18H2,1H3. The maximum atomic E-state index is 6.49. The highest BCUT2D eigenvalue weighted by Gasteiger charge is 2.42. The molecule has 4 heteroatoms. The first-order chi connectivity index (χ1) is 10.2. The molecule has 4 nitrogen and oxygen atoms in total. The van der Waals surface area contributed by atoms with E-state index in [1.54, 1.807) is 7.11 Å². The van der Waals surface area contributed by atoms with Crippen LogP contribution in [0.25, 0.3) is 0 Å². The van der Waals surface area contributed by atoms with E-state index in [1.807, 2.05) is 12.1 Å². The van der Waals surface area contributed by atoms with Gasteiger partial charge in [-0.2, -0.15) is 0 Å². The van der Waals surface area contributed by atoms with Crippen LogP contribution in [0.15, 0.2) is 24.3 Å². The van der Waals surface area contributed by atoms with Crippen LogP contribution in [0.1, 0.15) is 24.8 Å². The predicted molar refractivity (Wildman–Crippen MR) is 81.5 cm³/mol. The van der Waals surface area contributed by atoms with E-state index in [4.69, 9.17) is 19.9 Å². The van der Waals surface area contributed by atoms with Crippen molar-refractivity contribution in [1.82, 2.24) is 0 Å². The Kier molecular flexibility index (Phi) is 4.48. The molecule has 1 spiro atoms. The second-order valence-corrected chi connectivity index (χ2v) is 6.31. The van der Waals surface area contributed by atoms with Crippen LogP contribution in [0.2, 0.25) is 0 Å². The first-order valence-corrected chi connectivity index (χ1v) is 7.81. The summed E-state index contributed by atoms with van der Waals surface area (Å²) >= 11 is 0. The molecule has 0 aliphatic carbocycles. The molecular formula is C17H25NO3. The molecule has 1 aromatic carbocycles. The highest BCUT2D eigenvalue weighted by Crippen LogP contribution is 2.37. The highest BCUT2D eigenvalue weighted by atomic mass is 16.6. The van der Waals surface area contributed by atoms with Gasteiger partial charge in [-0.25, -0.2) is 0 Å². The number of methoxy groups -OCH3 is 1. The van der Waals surface area contributed by atoms with E-state index in [2.05, 4.69) is 12.1 Å². The van der Waals surface area contributed by atoms with Gasteiger partial charge in [-0.3, -0.25) is 0 Å². The fraction of sp³-hybridized carbons (Fsp3) is 0.647. The summed E-state index contributed by atoms with van der Waals surface area (Å²) in [6.07, 6.45) is 3.97. The van der Waals surface area contributed by atoms with Gasteiger partial charge < -0.3 is 19.9 Å². The summed E-state index contributed by atoms with van der Waals surface area (Å²) in [5, 5.41) is 0. The first kappa shape index (κ1) is 14.8. The molecule has 0 saturated carbocycles. The molecule has 3 rings (SSSR count). The molecule has 2 saturated heterocycles. The SMILES string of the molecule is COc1cccc(CC(N)C2CCOC3(CCOC3)C2)c1. The van der Waals surface area contributed by atoms with Gasteiger partial charge in [-0.15, -0.1) is 0 Å². The highest BCUT2D eigenvalue weighted by molar-refractivity contribution is 5.29. The zero-order chi connectivity index (χ0) is 14.7.